The molecule has 2 unspecified atom stereocenters. The Bertz CT molecular complexity index is 783. The highest BCUT2D eigenvalue weighted by Gasteiger charge is 2.31. The Kier molecular flexibility index (Phi) is 9.28. The molecule has 0 spiro atoms. The number of amides is 1. The molecule has 3 heterocycles. The lowest BCUT2D eigenvalue weighted by molar-refractivity contribution is -0.123. The summed E-state index contributed by atoms with van der Waals surface area (Å²) in [5, 5.41) is 3.40. The van der Waals surface area contributed by atoms with Gasteiger partial charge in [-0.25, -0.2) is 0 Å². The van der Waals surface area contributed by atoms with E-state index in [0.29, 0.717) is 6.54 Å². The number of hydrogen-bond donors (Lipinski definition) is 1. The fourth-order valence-corrected chi connectivity index (χ4v) is 5.79. The van der Waals surface area contributed by atoms with E-state index in [4.69, 9.17) is 0 Å². The van der Waals surface area contributed by atoms with Crippen LogP contribution >= 0.6 is 0 Å². The summed E-state index contributed by atoms with van der Waals surface area (Å²) >= 11 is 0. The highest BCUT2D eigenvalue weighted by atomic mass is 16.2. The number of nitrogens with zero attached hydrogens (tertiary/aromatic N) is 3. The van der Waals surface area contributed by atoms with Crippen LogP contribution < -0.4 is 5.32 Å². The van der Waals surface area contributed by atoms with Gasteiger partial charge in [0.05, 0.1) is 6.54 Å². The SMILES string of the molecule is O=C(CN1CCC2CCCCC2C1)NC(CCCc1ccncc1)CCCc1ccncc1. The standard InChI is InChI=1S/C28H40N4O/c33-28(22-32-20-15-25-7-1-2-8-26(25)21-32)31-27(9-3-5-23-11-16-29-17-12-23)10-4-6-24-13-18-30-19-14-24/h11-14,16-19,25-27H,1-10,15,20-22H2,(H,31,33). The van der Waals surface area contributed by atoms with Crippen molar-refractivity contribution in [3.05, 3.63) is 60.2 Å². The van der Waals surface area contributed by atoms with Crippen molar-refractivity contribution in [1.29, 1.82) is 0 Å². The van der Waals surface area contributed by atoms with Crippen molar-refractivity contribution in [3.63, 3.8) is 0 Å². The Morgan fingerprint density at radius 2 is 1.45 bits per heavy atom. The van der Waals surface area contributed by atoms with Crippen LogP contribution in [0.4, 0.5) is 0 Å². The maximum Gasteiger partial charge on any atom is 0.234 e. The summed E-state index contributed by atoms with van der Waals surface area (Å²) in [5.74, 6) is 1.94. The molecule has 2 aromatic rings. The molecular formula is C28H40N4O. The minimum atomic E-state index is 0.210. The second-order valence-electron chi connectivity index (χ2n) is 10.1. The molecular weight excluding hydrogens is 408 g/mol. The van der Waals surface area contributed by atoms with Crippen LogP contribution in [0.5, 0.6) is 0 Å². The van der Waals surface area contributed by atoms with Gasteiger partial charge >= 0.3 is 0 Å². The van der Waals surface area contributed by atoms with E-state index in [-0.39, 0.29) is 11.9 Å². The second kappa shape index (κ2) is 12.8. The van der Waals surface area contributed by atoms with Crippen LogP contribution in [0, 0.1) is 11.8 Å². The largest absolute Gasteiger partial charge is 0.352 e. The molecule has 5 nitrogen and oxygen atoms in total. The molecule has 33 heavy (non-hydrogen) atoms. The second-order valence-corrected chi connectivity index (χ2v) is 10.1. The molecule has 0 aromatic carbocycles. The first-order chi connectivity index (χ1) is 16.3. The first kappa shape index (κ1) is 23.9. The molecule has 0 bridgehead atoms. The number of rotatable bonds is 11. The van der Waals surface area contributed by atoms with E-state index in [1.165, 1.54) is 43.2 Å². The van der Waals surface area contributed by atoms with Crippen molar-refractivity contribution in [2.75, 3.05) is 19.6 Å². The number of piperidine rings is 1. The lowest BCUT2D eigenvalue weighted by Crippen LogP contribution is -2.47. The number of carbonyl (C=O) groups excluding carboxylic acids is 1. The first-order valence-corrected chi connectivity index (χ1v) is 13.1. The first-order valence-electron chi connectivity index (χ1n) is 13.1. The lowest BCUT2D eigenvalue weighted by Gasteiger charge is -2.41. The minimum Gasteiger partial charge on any atom is -0.352 e. The highest BCUT2D eigenvalue weighted by molar-refractivity contribution is 5.78. The van der Waals surface area contributed by atoms with Gasteiger partial charge in [-0.1, -0.05) is 19.3 Å². The molecule has 0 radical (unpaired) electrons. The number of pyridine rings is 2. The summed E-state index contributed by atoms with van der Waals surface area (Å²) in [4.78, 5) is 23.6. The Morgan fingerprint density at radius 3 is 2.06 bits per heavy atom. The van der Waals surface area contributed by atoms with Crippen LogP contribution in [-0.2, 0) is 17.6 Å². The number of aryl methyl sites for hydroxylation is 2. The number of nitrogens with one attached hydrogen (secondary N) is 1. The van der Waals surface area contributed by atoms with Gasteiger partial charge in [-0.05, 0) is 105 Å². The maximum absolute atomic E-state index is 13.0. The quantitative estimate of drug-likeness (QED) is 0.535. The molecule has 2 aromatic heterocycles. The van der Waals surface area contributed by atoms with E-state index < -0.39 is 0 Å². The van der Waals surface area contributed by atoms with Gasteiger partial charge in [0.25, 0.3) is 0 Å². The Labute approximate surface area is 199 Å². The molecule has 5 heteroatoms. The van der Waals surface area contributed by atoms with Gasteiger partial charge in [0.2, 0.25) is 5.91 Å². The fraction of sp³-hybridized carbons (Fsp3) is 0.607. The molecule has 2 atom stereocenters. The number of hydrogen-bond acceptors (Lipinski definition) is 4. The van der Waals surface area contributed by atoms with Crippen LogP contribution in [0.1, 0.15) is 68.9 Å². The van der Waals surface area contributed by atoms with E-state index in [1.54, 1.807) is 0 Å². The molecule has 2 fully saturated rings. The number of likely N-dealkylation sites (tertiary alicyclic amines) is 1. The summed E-state index contributed by atoms with van der Waals surface area (Å²) in [6.07, 6.45) is 20.5. The minimum absolute atomic E-state index is 0.210. The molecule has 4 rings (SSSR count). The summed E-state index contributed by atoms with van der Waals surface area (Å²) in [5.41, 5.74) is 2.64. The third kappa shape index (κ3) is 7.92. The topological polar surface area (TPSA) is 58.1 Å². The van der Waals surface area contributed by atoms with Crippen molar-refractivity contribution < 1.29 is 4.79 Å². The van der Waals surface area contributed by atoms with Gasteiger partial charge in [-0.2, -0.15) is 0 Å². The summed E-state index contributed by atoms with van der Waals surface area (Å²) in [6.45, 7) is 2.77. The van der Waals surface area contributed by atoms with Crippen molar-refractivity contribution in [3.8, 4) is 0 Å². The predicted molar refractivity (Wildman–Crippen MR) is 133 cm³/mol. The van der Waals surface area contributed by atoms with Crippen LogP contribution in [-0.4, -0.2) is 46.5 Å². The van der Waals surface area contributed by atoms with E-state index in [1.807, 2.05) is 24.8 Å². The predicted octanol–water partition coefficient (Wildman–Crippen LogP) is 4.82. The van der Waals surface area contributed by atoms with E-state index in [2.05, 4.69) is 44.5 Å². The molecule has 1 saturated heterocycles. The zero-order valence-corrected chi connectivity index (χ0v) is 20.0. The highest BCUT2D eigenvalue weighted by Crippen LogP contribution is 2.35. The van der Waals surface area contributed by atoms with Crippen molar-refractivity contribution in [2.45, 2.75) is 76.7 Å². The zero-order chi connectivity index (χ0) is 22.7. The zero-order valence-electron chi connectivity index (χ0n) is 20.0. The Morgan fingerprint density at radius 1 is 0.879 bits per heavy atom. The van der Waals surface area contributed by atoms with Crippen molar-refractivity contribution >= 4 is 5.91 Å². The van der Waals surface area contributed by atoms with Crippen LogP contribution in [0.3, 0.4) is 0 Å². The van der Waals surface area contributed by atoms with E-state index >= 15 is 0 Å². The molecule has 1 saturated carbocycles. The summed E-state index contributed by atoms with van der Waals surface area (Å²) in [7, 11) is 0. The Balaban J connectivity index is 1.25. The fourth-order valence-electron chi connectivity index (χ4n) is 5.79. The van der Waals surface area contributed by atoms with E-state index in [9.17, 15) is 4.79 Å². The number of carbonyl (C=O) groups is 1. The Hall–Kier alpha value is -2.27. The molecule has 1 aliphatic carbocycles. The molecule has 1 amide bonds. The van der Waals surface area contributed by atoms with Crippen molar-refractivity contribution in [1.82, 2.24) is 20.2 Å². The monoisotopic (exact) mass is 448 g/mol. The number of aromatic nitrogens is 2. The molecule has 1 N–H and O–H groups in total. The van der Waals surface area contributed by atoms with Crippen LogP contribution in [0.2, 0.25) is 0 Å². The maximum atomic E-state index is 13.0. The van der Waals surface area contributed by atoms with Crippen molar-refractivity contribution in [2.24, 2.45) is 11.8 Å². The third-order valence-corrected chi connectivity index (χ3v) is 7.64. The van der Waals surface area contributed by atoms with Gasteiger partial charge in [0.15, 0.2) is 0 Å². The molecule has 178 valence electrons. The van der Waals surface area contributed by atoms with E-state index in [0.717, 1.165) is 63.5 Å². The van der Waals surface area contributed by atoms with Crippen LogP contribution in [0.25, 0.3) is 0 Å². The molecule has 1 aliphatic heterocycles. The van der Waals surface area contributed by atoms with Crippen LogP contribution in [0.15, 0.2) is 49.1 Å². The summed E-state index contributed by atoms with van der Waals surface area (Å²) < 4.78 is 0. The van der Waals surface area contributed by atoms with Gasteiger partial charge < -0.3 is 5.32 Å². The average molecular weight is 449 g/mol. The molecule has 2 aliphatic rings. The van der Waals surface area contributed by atoms with Gasteiger partial charge in [-0.3, -0.25) is 19.7 Å². The van der Waals surface area contributed by atoms with Gasteiger partial charge in [0, 0.05) is 37.4 Å². The van der Waals surface area contributed by atoms with Gasteiger partial charge in [0.1, 0.15) is 0 Å². The smallest absolute Gasteiger partial charge is 0.234 e. The normalized spacial score (nSPS) is 21.0. The average Bonchev–Trinajstić information content (AvgIpc) is 2.85. The third-order valence-electron chi connectivity index (χ3n) is 7.64. The summed E-state index contributed by atoms with van der Waals surface area (Å²) in [6, 6.07) is 8.60. The lowest BCUT2D eigenvalue weighted by atomic mass is 9.75. The van der Waals surface area contributed by atoms with Gasteiger partial charge in [-0.15, -0.1) is 0 Å². The number of fused-ring (bicyclic) bond motifs is 1.